The van der Waals surface area contributed by atoms with Crippen molar-refractivity contribution in [2.24, 2.45) is 13.0 Å². The van der Waals surface area contributed by atoms with Gasteiger partial charge in [0.1, 0.15) is 0 Å². The largest absolute Gasteiger partial charge is 0.481 e. The summed E-state index contributed by atoms with van der Waals surface area (Å²) in [5.74, 6) is -4.07. The predicted molar refractivity (Wildman–Crippen MR) is 118 cm³/mol. The summed E-state index contributed by atoms with van der Waals surface area (Å²) in [6.07, 6.45) is -4.63. The van der Waals surface area contributed by atoms with E-state index in [1.54, 1.807) is 19.2 Å². The molecule has 4 rings (SSSR count). The first-order chi connectivity index (χ1) is 15.9. The van der Waals surface area contributed by atoms with Crippen LogP contribution < -0.4 is 9.77 Å². The Morgan fingerprint density at radius 3 is 2.53 bits per heavy atom. The summed E-state index contributed by atoms with van der Waals surface area (Å²) in [6.45, 7) is 0.266. The molecular formula is C22H18F3N3O5S. The summed E-state index contributed by atoms with van der Waals surface area (Å²) in [5.41, 5.74) is -0.110. The van der Waals surface area contributed by atoms with Crippen molar-refractivity contribution in [1.29, 1.82) is 0 Å². The molecule has 2 aromatic carbocycles. The highest BCUT2D eigenvalue weighted by Crippen LogP contribution is 2.34. The third-order valence-corrected chi connectivity index (χ3v) is 6.85. The molecule has 1 unspecified atom stereocenters. The summed E-state index contributed by atoms with van der Waals surface area (Å²) < 4.78 is 41.9. The van der Waals surface area contributed by atoms with Gasteiger partial charge in [-0.1, -0.05) is 23.5 Å². The molecule has 2 heterocycles. The van der Waals surface area contributed by atoms with Crippen LogP contribution >= 0.6 is 11.3 Å². The van der Waals surface area contributed by atoms with Gasteiger partial charge in [-0.2, -0.15) is 13.2 Å². The summed E-state index contributed by atoms with van der Waals surface area (Å²) >= 11 is 0.941. The number of aliphatic carboxylic acids is 1. The van der Waals surface area contributed by atoms with Crippen LogP contribution in [0.3, 0.4) is 0 Å². The minimum Gasteiger partial charge on any atom is -0.481 e. The number of urea groups is 1. The first-order valence-electron chi connectivity index (χ1n) is 10.0. The molecule has 0 spiro atoms. The number of amides is 3. The number of thiazole rings is 1. The zero-order valence-corrected chi connectivity index (χ0v) is 18.7. The third kappa shape index (κ3) is 3.94. The van der Waals surface area contributed by atoms with Crippen LogP contribution in [0.4, 0.5) is 23.7 Å². The minimum atomic E-state index is -4.63. The van der Waals surface area contributed by atoms with Crippen molar-refractivity contribution in [2.75, 3.05) is 11.4 Å². The van der Waals surface area contributed by atoms with Crippen LogP contribution in [-0.4, -0.2) is 39.0 Å². The first kappa shape index (κ1) is 23.5. The van der Waals surface area contributed by atoms with Crippen LogP contribution in [0.25, 0.3) is 10.2 Å². The van der Waals surface area contributed by atoms with Crippen LogP contribution in [0.2, 0.25) is 0 Å². The molecule has 1 atom stereocenters. The number of carbonyl (C=O) groups excluding carboxylic acids is 2. The quantitative estimate of drug-likeness (QED) is 0.560. The first-order valence-corrected chi connectivity index (χ1v) is 10.8. The summed E-state index contributed by atoms with van der Waals surface area (Å²) in [6, 6.07) is 7.22. The second-order valence-electron chi connectivity index (χ2n) is 7.87. The van der Waals surface area contributed by atoms with Crippen molar-refractivity contribution >= 4 is 45.1 Å². The number of aromatic nitrogens is 1. The highest BCUT2D eigenvalue weighted by molar-refractivity contribution is 7.16. The van der Waals surface area contributed by atoms with E-state index in [0.717, 1.165) is 22.3 Å². The molecule has 12 heteroatoms. The van der Waals surface area contributed by atoms with Gasteiger partial charge in [0.25, 0.3) is 0 Å². The van der Waals surface area contributed by atoms with E-state index in [1.165, 1.54) is 29.7 Å². The smallest absolute Gasteiger partial charge is 0.416 e. The number of rotatable bonds is 4. The Labute approximate surface area is 194 Å². The molecule has 8 nitrogen and oxygen atoms in total. The van der Waals surface area contributed by atoms with Crippen LogP contribution in [0, 0.1) is 12.8 Å². The number of alkyl halides is 3. The fraction of sp³-hybridized carbons (Fsp3) is 0.273. The van der Waals surface area contributed by atoms with Gasteiger partial charge in [-0.3, -0.25) is 24.2 Å². The van der Waals surface area contributed by atoms with Crippen molar-refractivity contribution in [3.05, 3.63) is 62.8 Å². The number of carbonyl (C=O) groups is 3. The Hall–Kier alpha value is -3.67. The lowest BCUT2D eigenvalue weighted by atomic mass is 9.99. The van der Waals surface area contributed by atoms with E-state index >= 15 is 0 Å². The number of anilines is 1. The van der Waals surface area contributed by atoms with Gasteiger partial charge in [0, 0.05) is 19.3 Å². The van der Waals surface area contributed by atoms with Gasteiger partial charge in [-0.05, 0) is 42.3 Å². The number of nitrogens with zero attached hydrogens (tertiary/aromatic N) is 3. The molecule has 1 saturated heterocycles. The number of aryl methyl sites for hydroxylation is 1. The average Bonchev–Trinajstić information content (AvgIpc) is 3.04. The molecule has 0 radical (unpaired) electrons. The second-order valence-corrected chi connectivity index (χ2v) is 8.87. The van der Waals surface area contributed by atoms with E-state index < -0.39 is 48.7 Å². The predicted octanol–water partition coefficient (Wildman–Crippen LogP) is 3.60. The summed E-state index contributed by atoms with van der Waals surface area (Å²) in [4.78, 5) is 51.4. The number of fused-ring (bicyclic) bond motifs is 1. The Morgan fingerprint density at radius 1 is 1.18 bits per heavy atom. The second kappa shape index (κ2) is 8.28. The van der Waals surface area contributed by atoms with Gasteiger partial charge in [-0.25, -0.2) is 4.79 Å². The lowest BCUT2D eigenvalue weighted by Crippen LogP contribution is -2.58. The lowest BCUT2D eigenvalue weighted by Gasteiger charge is -2.37. The molecule has 1 aromatic heterocycles. The molecule has 0 bridgehead atoms. The zero-order chi connectivity index (χ0) is 24.9. The molecule has 34 heavy (non-hydrogen) atoms. The van der Waals surface area contributed by atoms with Crippen molar-refractivity contribution in [3.63, 3.8) is 0 Å². The van der Waals surface area contributed by atoms with E-state index in [1.807, 2.05) is 0 Å². The molecule has 1 fully saturated rings. The Bertz CT molecular complexity index is 1390. The molecule has 3 aromatic rings. The summed E-state index contributed by atoms with van der Waals surface area (Å²) in [5, 5.41) is 9.58. The number of hydrogen-bond donors (Lipinski definition) is 1. The Morgan fingerprint density at radius 2 is 1.88 bits per heavy atom. The van der Waals surface area contributed by atoms with Crippen molar-refractivity contribution in [3.8, 4) is 0 Å². The number of carboxylic acid groups (broad SMARTS) is 1. The van der Waals surface area contributed by atoms with Gasteiger partial charge in [0.2, 0.25) is 5.91 Å². The lowest BCUT2D eigenvalue weighted by molar-refractivity contribution is -0.150. The topological polar surface area (TPSA) is 99.9 Å². The molecule has 1 aliphatic heterocycles. The maximum absolute atomic E-state index is 13.3. The summed E-state index contributed by atoms with van der Waals surface area (Å²) in [7, 11) is 1.59. The minimum absolute atomic E-state index is 0.0687. The van der Waals surface area contributed by atoms with Crippen molar-refractivity contribution in [1.82, 2.24) is 9.47 Å². The maximum atomic E-state index is 13.3. The van der Waals surface area contributed by atoms with Gasteiger partial charge in [0.05, 0.1) is 22.3 Å². The highest BCUT2D eigenvalue weighted by atomic mass is 32.1. The van der Waals surface area contributed by atoms with Crippen LogP contribution in [-0.2, 0) is 29.4 Å². The normalized spacial score (nSPS) is 17.0. The maximum Gasteiger partial charge on any atom is 0.416 e. The molecule has 3 amide bonds. The van der Waals surface area contributed by atoms with E-state index in [4.69, 9.17) is 0 Å². The fourth-order valence-corrected chi connectivity index (χ4v) is 4.85. The van der Waals surface area contributed by atoms with Crippen molar-refractivity contribution in [2.45, 2.75) is 19.6 Å². The number of halogens is 3. The van der Waals surface area contributed by atoms with Gasteiger partial charge in [0.15, 0.2) is 5.92 Å². The fourth-order valence-electron chi connectivity index (χ4n) is 3.93. The van der Waals surface area contributed by atoms with E-state index in [-0.39, 0.29) is 21.7 Å². The standard InChI is InChI=1S/C22H18F3N3O5S/c1-11-12(4-3-5-15(11)22(23,24)25)9-28-18(29)14(19(30)31)10-27(20(28)32)13-6-7-16-17(8-13)34-21(33)26(16)2/h3-8,14H,9-10H2,1-2H3,(H,30,31). The van der Waals surface area contributed by atoms with Crippen LogP contribution in [0.15, 0.2) is 41.2 Å². The number of benzene rings is 2. The molecule has 1 aliphatic rings. The third-order valence-electron chi connectivity index (χ3n) is 5.86. The van der Waals surface area contributed by atoms with Crippen LogP contribution in [0.5, 0.6) is 0 Å². The monoisotopic (exact) mass is 493 g/mol. The molecular weight excluding hydrogens is 475 g/mol. The van der Waals surface area contributed by atoms with Crippen molar-refractivity contribution < 1.29 is 32.7 Å². The molecule has 1 N–H and O–H groups in total. The number of hydrogen-bond acceptors (Lipinski definition) is 5. The van der Waals surface area contributed by atoms with Gasteiger partial charge >= 0.3 is 23.0 Å². The molecule has 178 valence electrons. The van der Waals surface area contributed by atoms with Gasteiger partial charge < -0.3 is 9.67 Å². The number of carboxylic acids is 1. The van der Waals surface area contributed by atoms with E-state index in [9.17, 15) is 37.5 Å². The average molecular weight is 493 g/mol. The Balaban J connectivity index is 1.75. The van der Waals surface area contributed by atoms with E-state index in [0.29, 0.717) is 15.1 Å². The van der Waals surface area contributed by atoms with E-state index in [2.05, 4.69) is 0 Å². The Kier molecular flexibility index (Phi) is 5.72. The highest BCUT2D eigenvalue weighted by Gasteiger charge is 2.44. The molecule has 0 saturated carbocycles. The molecule has 0 aliphatic carbocycles. The SMILES string of the molecule is Cc1c(CN2C(=O)C(C(=O)O)CN(c3ccc4c(c3)sc(=O)n4C)C2=O)cccc1C(F)(F)F. The zero-order valence-electron chi connectivity index (χ0n) is 17.9. The van der Waals surface area contributed by atoms with Gasteiger partial charge in [-0.15, -0.1) is 0 Å². The number of imide groups is 1. The van der Waals surface area contributed by atoms with Crippen LogP contribution in [0.1, 0.15) is 16.7 Å².